The fraction of sp³-hybridized carbons (Fsp3) is 0.0455. The Labute approximate surface area is 160 Å². The smallest absolute Gasteiger partial charge is 0.279 e. The highest BCUT2D eigenvalue weighted by molar-refractivity contribution is 5.94. The van der Waals surface area contributed by atoms with Gasteiger partial charge in [-0.1, -0.05) is 42.5 Å². The third kappa shape index (κ3) is 3.16. The van der Waals surface area contributed by atoms with E-state index in [0.29, 0.717) is 26.8 Å². The molecule has 4 rings (SSSR count). The van der Waals surface area contributed by atoms with Crippen LogP contribution in [0.2, 0.25) is 0 Å². The van der Waals surface area contributed by atoms with Crippen molar-refractivity contribution in [2.75, 3.05) is 7.05 Å². The molecular weight excluding hydrogens is 357 g/mol. The molecule has 0 atom stereocenters. The summed E-state index contributed by atoms with van der Waals surface area (Å²) in [4.78, 5) is 13.0. The molecule has 0 amide bonds. The molecule has 0 spiro atoms. The Kier molecular flexibility index (Phi) is 4.45. The first-order chi connectivity index (χ1) is 13.5. The van der Waals surface area contributed by atoms with Crippen molar-refractivity contribution in [2.24, 2.45) is 0 Å². The van der Waals surface area contributed by atoms with Crippen molar-refractivity contribution in [1.29, 1.82) is 0 Å². The molecule has 0 aliphatic heterocycles. The number of benzene rings is 3. The Balaban J connectivity index is 2.05. The van der Waals surface area contributed by atoms with Crippen LogP contribution in [0.25, 0.3) is 27.7 Å². The van der Waals surface area contributed by atoms with Gasteiger partial charge in [0.1, 0.15) is 18.6 Å². The first kappa shape index (κ1) is 17.6. The van der Waals surface area contributed by atoms with Gasteiger partial charge in [-0.25, -0.2) is 9.13 Å². The molecule has 0 unspecified atom stereocenters. The molecule has 0 aliphatic carbocycles. The minimum Gasteiger partial charge on any atom is -0.624 e. The highest BCUT2D eigenvalue weighted by Gasteiger charge is 2.15. The van der Waals surface area contributed by atoms with Crippen LogP contribution >= 0.6 is 0 Å². The Hall–Kier alpha value is -3.80. The van der Waals surface area contributed by atoms with Crippen molar-refractivity contribution in [3.63, 3.8) is 0 Å². The van der Waals surface area contributed by atoms with Crippen LogP contribution in [0.15, 0.2) is 77.6 Å². The number of hydrogen-bond acceptors (Lipinski definition) is 3. The van der Waals surface area contributed by atoms with Gasteiger partial charge in [-0.3, -0.25) is 4.79 Å². The average Bonchev–Trinajstić information content (AvgIpc) is 2.69. The van der Waals surface area contributed by atoms with Gasteiger partial charge in [-0.15, -0.1) is 0 Å². The van der Waals surface area contributed by atoms with E-state index in [-0.39, 0.29) is 5.69 Å². The van der Waals surface area contributed by atoms with E-state index in [0.717, 1.165) is 10.2 Å². The monoisotopic (exact) mass is 373 g/mol. The van der Waals surface area contributed by atoms with Crippen LogP contribution in [-0.4, -0.2) is 27.8 Å². The van der Waals surface area contributed by atoms with Crippen LogP contribution in [0.3, 0.4) is 0 Å². The molecule has 0 saturated carbocycles. The summed E-state index contributed by atoms with van der Waals surface area (Å²) in [7, 11) is 1.40. The van der Waals surface area contributed by atoms with Gasteiger partial charge >= 0.3 is 0 Å². The SMILES string of the molecule is C/[N+]([O-])=C/c1cccc(-c2nn(-c3ccccc3F)c(=O)c3ccccc23)c1. The molecule has 0 aliphatic rings. The van der Waals surface area contributed by atoms with Crippen LogP contribution in [0.5, 0.6) is 0 Å². The lowest BCUT2D eigenvalue weighted by atomic mass is 10.0. The van der Waals surface area contributed by atoms with Crippen LogP contribution in [0.1, 0.15) is 5.56 Å². The summed E-state index contributed by atoms with van der Waals surface area (Å²) in [5.41, 5.74) is 1.64. The van der Waals surface area contributed by atoms with Gasteiger partial charge in [-0.05, 0) is 30.3 Å². The minimum atomic E-state index is -0.534. The maximum Gasteiger partial charge on any atom is 0.279 e. The molecule has 0 N–H and O–H groups in total. The lowest BCUT2D eigenvalue weighted by Crippen LogP contribution is -2.23. The molecular formula is C22H16FN3O2. The fourth-order valence-corrected chi connectivity index (χ4v) is 3.17. The van der Waals surface area contributed by atoms with Crippen LogP contribution in [-0.2, 0) is 0 Å². The molecule has 0 saturated heterocycles. The highest BCUT2D eigenvalue weighted by atomic mass is 19.1. The lowest BCUT2D eigenvalue weighted by molar-refractivity contribution is -0.416. The van der Waals surface area contributed by atoms with Crippen LogP contribution in [0, 0.1) is 11.0 Å². The van der Waals surface area contributed by atoms with Gasteiger partial charge in [0.05, 0.1) is 11.1 Å². The second kappa shape index (κ2) is 7.08. The van der Waals surface area contributed by atoms with Crippen molar-refractivity contribution >= 4 is 17.0 Å². The number of para-hydroxylation sites is 1. The summed E-state index contributed by atoms with van der Waals surface area (Å²) in [5.74, 6) is -0.534. The van der Waals surface area contributed by atoms with Crippen molar-refractivity contribution in [1.82, 2.24) is 9.78 Å². The molecule has 3 aromatic carbocycles. The molecule has 1 heterocycles. The molecule has 28 heavy (non-hydrogen) atoms. The Morgan fingerprint density at radius 1 is 1.00 bits per heavy atom. The number of rotatable bonds is 3. The average molecular weight is 373 g/mol. The number of nitrogens with zero attached hydrogens (tertiary/aromatic N) is 3. The van der Waals surface area contributed by atoms with E-state index in [1.165, 1.54) is 25.4 Å². The van der Waals surface area contributed by atoms with Crippen LogP contribution in [0.4, 0.5) is 4.39 Å². The topological polar surface area (TPSA) is 61.0 Å². The largest absolute Gasteiger partial charge is 0.624 e. The van der Waals surface area contributed by atoms with E-state index in [2.05, 4.69) is 5.10 Å². The molecule has 138 valence electrons. The number of hydrogen-bond donors (Lipinski definition) is 0. The summed E-state index contributed by atoms with van der Waals surface area (Å²) in [6, 6.07) is 20.3. The van der Waals surface area contributed by atoms with Crippen LogP contribution < -0.4 is 5.56 Å². The molecule has 6 heteroatoms. The molecule has 0 bridgehead atoms. The summed E-state index contributed by atoms with van der Waals surface area (Å²) in [5, 5.41) is 16.9. The van der Waals surface area contributed by atoms with Crippen molar-refractivity contribution < 1.29 is 9.13 Å². The number of hydroxylamine groups is 1. The van der Waals surface area contributed by atoms with Gasteiger partial charge in [0, 0.05) is 16.5 Å². The molecule has 4 aromatic rings. The molecule has 0 fully saturated rings. The maximum atomic E-state index is 14.4. The minimum absolute atomic E-state index is 0.0847. The van der Waals surface area contributed by atoms with Gasteiger partial charge in [0.2, 0.25) is 0 Å². The van der Waals surface area contributed by atoms with Gasteiger partial charge < -0.3 is 5.21 Å². The quantitative estimate of drug-likeness (QED) is 0.238. The fourth-order valence-electron chi connectivity index (χ4n) is 3.17. The number of aromatic nitrogens is 2. The van der Waals surface area contributed by atoms with Crippen molar-refractivity contribution in [3.05, 3.63) is 99.7 Å². The Morgan fingerprint density at radius 2 is 1.71 bits per heavy atom. The molecule has 5 nitrogen and oxygen atoms in total. The van der Waals surface area contributed by atoms with E-state index in [1.54, 1.807) is 48.5 Å². The standard InChI is InChI=1S/C22H16FN3O2/c1-25(28)14-15-7-6-8-16(13-15)21-17-9-2-3-10-18(17)22(27)26(24-21)20-12-5-4-11-19(20)23/h2-14H,1H3/b25-14-. The molecule has 1 aromatic heterocycles. The Bertz CT molecular complexity index is 1270. The predicted molar refractivity (Wildman–Crippen MR) is 107 cm³/mol. The number of fused-ring (bicyclic) bond motifs is 1. The first-order valence-electron chi connectivity index (χ1n) is 8.67. The zero-order chi connectivity index (χ0) is 19.7. The first-order valence-corrected chi connectivity index (χ1v) is 8.67. The summed E-state index contributed by atoms with van der Waals surface area (Å²) < 4.78 is 16.2. The third-order valence-electron chi connectivity index (χ3n) is 4.38. The van der Waals surface area contributed by atoms with E-state index in [4.69, 9.17) is 0 Å². The van der Waals surface area contributed by atoms with Crippen molar-refractivity contribution in [3.8, 4) is 16.9 Å². The van der Waals surface area contributed by atoms with Crippen molar-refractivity contribution in [2.45, 2.75) is 0 Å². The van der Waals surface area contributed by atoms with E-state index < -0.39 is 11.4 Å². The second-order valence-corrected chi connectivity index (χ2v) is 6.36. The Morgan fingerprint density at radius 3 is 2.46 bits per heavy atom. The molecule has 0 radical (unpaired) electrons. The van der Waals surface area contributed by atoms with Gasteiger partial charge in [0.15, 0.2) is 6.21 Å². The van der Waals surface area contributed by atoms with Gasteiger partial charge in [-0.2, -0.15) is 9.78 Å². The normalized spacial score (nSPS) is 11.7. The maximum absolute atomic E-state index is 14.4. The zero-order valence-electron chi connectivity index (χ0n) is 15.0. The summed E-state index contributed by atoms with van der Waals surface area (Å²) >= 11 is 0. The summed E-state index contributed by atoms with van der Waals surface area (Å²) in [6.07, 6.45) is 1.44. The number of halogens is 1. The van der Waals surface area contributed by atoms with Gasteiger partial charge in [0.25, 0.3) is 5.56 Å². The van der Waals surface area contributed by atoms with E-state index in [1.807, 2.05) is 12.1 Å². The highest BCUT2D eigenvalue weighted by Crippen LogP contribution is 2.26. The third-order valence-corrected chi connectivity index (χ3v) is 4.38. The summed E-state index contributed by atoms with van der Waals surface area (Å²) in [6.45, 7) is 0. The second-order valence-electron chi connectivity index (χ2n) is 6.36. The van der Waals surface area contributed by atoms with E-state index in [9.17, 15) is 14.4 Å². The predicted octanol–water partition coefficient (Wildman–Crippen LogP) is 3.75. The lowest BCUT2D eigenvalue weighted by Gasteiger charge is -2.12. The zero-order valence-corrected chi connectivity index (χ0v) is 15.0. The van der Waals surface area contributed by atoms with E-state index >= 15 is 0 Å².